The molecule has 0 heterocycles. The maximum atomic E-state index is 8.74. The van der Waals surface area contributed by atoms with Crippen LogP contribution in [0.4, 0.5) is 0 Å². The Kier molecular flexibility index (Phi) is 42.7. The summed E-state index contributed by atoms with van der Waals surface area (Å²) in [5.41, 5.74) is 0. The van der Waals surface area contributed by atoms with Gasteiger partial charge in [0, 0.05) is 34.1 Å². The van der Waals surface area contributed by atoms with Crippen LogP contribution >= 0.6 is 12.4 Å². The third kappa shape index (κ3) is 194. The second-order valence-corrected chi connectivity index (χ2v) is 1.34. The van der Waals surface area contributed by atoms with E-state index < -0.39 is 10.4 Å². The van der Waals surface area contributed by atoms with Crippen LogP contribution in [0.2, 0.25) is 0 Å². The summed E-state index contributed by atoms with van der Waals surface area (Å²) in [5, 5.41) is 0. The van der Waals surface area contributed by atoms with Gasteiger partial charge in [0.2, 0.25) is 0 Å². The standard InChI is InChI=1S/Al.ClH.2Fe.H2O4S.3H/c;;;;1-5(2,3)4;;;/h;1H;;;(H2,1,2,3,4);;;. The number of hydrogen-bond acceptors (Lipinski definition) is 2. The van der Waals surface area contributed by atoms with E-state index in [0.29, 0.717) is 0 Å². The van der Waals surface area contributed by atoms with Gasteiger partial charge in [-0.1, -0.05) is 0 Å². The average Bonchev–Trinajstić information content (AvgIpc) is 0.722. The van der Waals surface area contributed by atoms with Crippen LogP contribution < -0.4 is 0 Å². The van der Waals surface area contributed by atoms with Crippen LogP contribution in [0.3, 0.4) is 0 Å². The average molecular weight is 276 g/mol. The maximum Gasteiger partial charge on any atom is 0.394 e. The van der Waals surface area contributed by atoms with Crippen LogP contribution in [0.5, 0.6) is 0 Å². The molecule has 0 rings (SSSR count). The number of hydrogen-bond donors (Lipinski definition) is 2. The Bertz CT molecular complexity index is 102. The Labute approximate surface area is 91.2 Å². The van der Waals surface area contributed by atoms with Crippen LogP contribution in [0.1, 0.15) is 0 Å². The quantitative estimate of drug-likeness (QED) is 0.421. The summed E-state index contributed by atoms with van der Waals surface area (Å²) in [4.78, 5) is 0. The molecule has 0 amide bonds. The van der Waals surface area contributed by atoms with Gasteiger partial charge in [-0.25, -0.2) is 0 Å². The summed E-state index contributed by atoms with van der Waals surface area (Å²) in [5.74, 6) is 0. The zero-order valence-corrected chi connectivity index (χ0v) is 7.08. The van der Waals surface area contributed by atoms with Crippen molar-refractivity contribution in [1.29, 1.82) is 0 Å². The van der Waals surface area contributed by atoms with E-state index >= 15 is 0 Å². The molecule has 0 aromatic heterocycles. The molecular formula is H6AlClFe2O4S. The van der Waals surface area contributed by atoms with E-state index in [1.165, 1.54) is 0 Å². The molecule has 0 saturated heterocycles. The SMILES string of the molecule is Cl.O=S(=O)(O)O.[AlH3].[Fe].[Fe]. The van der Waals surface area contributed by atoms with Crippen LogP contribution in [0, 0.1) is 0 Å². The molecule has 0 saturated carbocycles. The van der Waals surface area contributed by atoms with Gasteiger partial charge in [0.25, 0.3) is 0 Å². The van der Waals surface area contributed by atoms with E-state index in [2.05, 4.69) is 0 Å². The van der Waals surface area contributed by atoms with Gasteiger partial charge in [0.05, 0.1) is 0 Å². The van der Waals surface area contributed by atoms with E-state index in [1.54, 1.807) is 0 Å². The smallest absolute Gasteiger partial charge is 0.264 e. The molecule has 0 radical (unpaired) electrons. The fourth-order valence-electron chi connectivity index (χ4n) is 0. The summed E-state index contributed by atoms with van der Waals surface area (Å²) >= 11 is 0. The van der Waals surface area contributed by atoms with Crippen LogP contribution in [0.25, 0.3) is 0 Å². The van der Waals surface area contributed by atoms with Gasteiger partial charge < -0.3 is 0 Å². The molecule has 0 aliphatic heterocycles. The van der Waals surface area contributed by atoms with Gasteiger partial charge in [-0.05, 0) is 0 Å². The molecule has 2 N–H and O–H groups in total. The fourth-order valence-corrected chi connectivity index (χ4v) is 0. The Morgan fingerprint density at radius 1 is 1.00 bits per heavy atom. The van der Waals surface area contributed by atoms with E-state index in [4.69, 9.17) is 17.5 Å². The van der Waals surface area contributed by atoms with Crippen molar-refractivity contribution in [2.45, 2.75) is 0 Å². The number of halogens is 1. The molecule has 0 atom stereocenters. The topological polar surface area (TPSA) is 74.6 Å². The van der Waals surface area contributed by atoms with E-state index in [0.717, 1.165) is 0 Å². The third-order valence-corrected chi connectivity index (χ3v) is 0. The number of rotatable bonds is 0. The zero-order valence-electron chi connectivity index (χ0n) is 3.23. The first kappa shape index (κ1) is 30.9. The Hall–Kier alpha value is 1.73. The van der Waals surface area contributed by atoms with Gasteiger partial charge >= 0.3 is 10.4 Å². The molecule has 0 fully saturated rings. The summed E-state index contributed by atoms with van der Waals surface area (Å²) in [6.45, 7) is 0. The normalized spacial score (nSPS) is 6.44. The first-order valence-corrected chi connectivity index (χ1v) is 2.10. The van der Waals surface area contributed by atoms with Crippen molar-refractivity contribution < 1.29 is 51.7 Å². The molecular weight excluding hydrogens is 270 g/mol. The molecule has 4 nitrogen and oxygen atoms in total. The predicted octanol–water partition coefficient (Wildman–Crippen LogP) is -1.42. The van der Waals surface area contributed by atoms with Crippen LogP contribution in [-0.4, -0.2) is 34.9 Å². The molecule has 0 unspecified atom stereocenters. The van der Waals surface area contributed by atoms with Gasteiger partial charge in [-0.3, -0.25) is 9.11 Å². The van der Waals surface area contributed by atoms with Crippen molar-refractivity contribution in [3.8, 4) is 0 Å². The van der Waals surface area contributed by atoms with Crippen molar-refractivity contribution in [2.75, 3.05) is 0 Å². The minimum Gasteiger partial charge on any atom is -0.264 e. The van der Waals surface area contributed by atoms with E-state index in [-0.39, 0.29) is 63.9 Å². The van der Waals surface area contributed by atoms with Crippen molar-refractivity contribution >= 4 is 40.2 Å². The largest absolute Gasteiger partial charge is 0.394 e. The molecule has 0 aromatic carbocycles. The summed E-state index contributed by atoms with van der Waals surface area (Å²) < 4.78 is 31.6. The van der Waals surface area contributed by atoms with Gasteiger partial charge in [0.15, 0.2) is 17.4 Å². The van der Waals surface area contributed by atoms with E-state index in [9.17, 15) is 0 Å². The van der Waals surface area contributed by atoms with E-state index in [1.807, 2.05) is 0 Å². The second-order valence-electron chi connectivity index (χ2n) is 0.448. The summed E-state index contributed by atoms with van der Waals surface area (Å²) in [7, 11) is -4.67. The van der Waals surface area contributed by atoms with Crippen molar-refractivity contribution in [2.24, 2.45) is 0 Å². The Balaban J connectivity index is -0.0000000133. The van der Waals surface area contributed by atoms with Crippen LogP contribution in [-0.2, 0) is 44.5 Å². The molecule has 62 valence electrons. The molecule has 9 heavy (non-hydrogen) atoms. The van der Waals surface area contributed by atoms with Crippen molar-refractivity contribution in [3.05, 3.63) is 0 Å². The van der Waals surface area contributed by atoms with Gasteiger partial charge in [-0.15, -0.1) is 12.4 Å². The molecule has 0 bridgehead atoms. The maximum absolute atomic E-state index is 8.74. The molecule has 0 aromatic rings. The molecule has 0 spiro atoms. The second kappa shape index (κ2) is 12.4. The first-order valence-electron chi connectivity index (χ1n) is 0.698. The van der Waals surface area contributed by atoms with Crippen molar-refractivity contribution in [3.63, 3.8) is 0 Å². The minimum atomic E-state index is -4.67. The molecule has 0 aliphatic carbocycles. The Morgan fingerprint density at radius 3 is 1.00 bits per heavy atom. The third-order valence-electron chi connectivity index (χ3n) is 0. The molecule has 9 heteroatoms. The zero-order chi connectivity index (χ0) is 4.50. The van der Waals surface area contributed by atoms with Gasteiger partial charge in [-0.2, -0.15) is 8.42 Å². The molecule has 0 aliphatic rings. The van der Waals surface area contributed by atoms with Crippen LogP contribution in [0.15, 0.2) is 0 Å². The van der Waals surface area contributed by atoms with Gasteiger partial charge in [0.1, 0.15) is 0 Å². The first-order chi connectivity index (χ1) is 2.00. The summed E-state index contributed by atoms with van der Waals surface area (Å²) in [6.07, 6.45) is 0. The van der Waals surface area contributed by atoms with Crippen molar-refractivity contribution in [1.82, 2.24) is 0 Å². The predicted molar refractivity (Wildman–Crippen MR) is 31.4 cm³/mol. The fraction of sp³-hybridized carbons (Fsp3) is 0. The summed E-state index contributed by atoms with van der Waals surface area (Å²) in [6, 6.07) is 0. The Morgan fingerprint density at radius 2 is 1.00 bits per heavy atom. The monoisotopic (exact) mass is 276 g/mol. The minimum absolute atomic E-state index is 0.